The van der Waals surface area contributed by atoms with Gasteiger partial charge in [-0.05, 0) is 50.8 Å². The van der Waals surface area contributed by atoms with Gasteiger partial charge in [0, 0.05) is 17.0 Å². The Morgan fingerprint density at radius 3 is 3.06 bits per heavy atom. The number of hydrogen-bond acceptors (Lipinski definition) is 4. The average Bonchev–Trinajstić information content (AvgIpc) is 2.79. The minimum Gasteiger partial charge on any atom is -0.394 e. The number of aliphatic hydroxyl groups is 1. The van der Waals surface area contributed by atoms with Gasteiger partial charge in [-0.25, -0.2) is 0 Å². The van der Waals surface area contributed by atoms with Crippen molar-refractivity contribution in [1.82, 2.24) is 10.2 Å². The van der Waals surface area contributed by atoms with Crippen LogP contribution in [0.2, 0.25) is 0 Å². The largest absolute Gasteiger partial charge is 0.394 e. The lowest BCUT2D eigenvalue weighted by Crippen LogP contribution is -2.48. The van der Waals surface area contributed by atoms with Crippen LogP contribution in [0.4, 0.5) is 0 Å². The van der Waals surface area contributed by atoms with Gasteiger partial charge < -0.3 is 15.3 Å². The maximum absolute atomic E-state index is 9.70. The first-order valence-electron chi connectivity index (χ1n) is 6.31. The molecule has 1 aliphatic heterocycles. The molecule has 2 N–H and O–H groups in total. The summed E-state index contributed by atoms with van der Waals surface area (Å²) in [7, 11) is 2.16. The number of thiophene rings is 1. The zero-order valence-corrected chi connectivity index (χ0v) is 11.3. The number of nitrogens with zero attached hydrogens (tertiary/aromatic N) is 1. The third kappa shape index (κ3) is 3.52. The fourth-order valence-corrected chi connectivity index (χ4v) is 3.05. The number of hydrogen-bond donors (Lipinski definition) is 2. The quantitative estimate of drug-likeness (QED) is 0.858. The van der Waals surface area contributed by atoms with E-state index >= 15 is 0 Å². The molecule has 1 unspecified atom stereocenters. The Labute approximate surface area is 107 Å². The van der Waals surface area contributed by atoms with Crippen molar-refractivity contribution in [2.45, 2.75) is 31.3 Å². The van der Waals surface area contributed by atoms with Crippen LogP contribution in [0.5, 0.6) is 0 Å². The summed E-state index contributed by atoms with van der Waals surface area (Å²) >= 11 is 1.77. The topological polar surface area (TPSA) is 35.5 Å². The third-order valence-corrected chi connectivity index (χ3v) is 4.56. The van der Waals surface area contributed by atoms with E-state index in [9.17, 15) is 5.11 Å². The highest BCUT2D eigenvalue weighted by molar-refractivity contribution is 7.09. The highest BCUT2D eigenvalue weighted by atomic mass is 32.1. The van der Waals surface area contributed by atoms with Crippen molar-refractivity contribution < 1.29 is 5.11 Å². The predicted octanol–water partition coefficient (Wildman–Crippen LogP) is 1.68. The molecule has 0 bridgehead atoms. The molecule has 0 aliphatic carbocycles. The van der Waals surface area contributed by atoms with Gasteiger partial charge in [0.2, 0.25) is 0 Å². The van der Waals surface area contributed by atoms with Crippen molar-refractivity contribution in [3.05, 3.63) is 22.4 Å². The van der Waals surface area contributed by atoms with E-state index in [1.807, 2.05) is 0 Å². The molecular weight excluding hydrogens is 232 g/mol. The van der Waals surface area contributed by atoms with Crippen molar-refractivity contribution in [2.75, 3.05) is 26.7 Å². The minimum absolute atomic E-state index is 0.0747. The molecule has 0 aromatic carbocycles. The Kier molecular flexibility index (Phi) is 4.56. The number of rotatable bonds is 4. The van der Waals surface area contributed by atoms with E-state index in [-0.39, 0.29) is 12.1 Å². The van der Waals surface area contributed by atoms with E-state index in [1.165, 1.54) is 4.88 Å². The maximum Gasteiger partial charge on any atom is 0.0613 e. The normalized spacial score (nSPS) is 26.9. The van der Waals surface area contributed by atoms with E-state index in [1.54, 1.807) is 11.3 Å². The van der Waals surface area contributed by atoms with Gasteiger partial charge in [0.1, 0.15) is 0 Å². The summed E-state index contributed by atoms with van der Waals surface area (Å²) < 4.78 is 0. The average molecular weight is 254 g/mol. The van der Waals surface area contributed by atoms with Crippen LogP contribution in [0.25, 0.3) is 0 Å². The molecule has 0 saturated carbocycles. The molecular formula is C13H22N2OS. The lowest BCUT2D eigenvalue weighted by atomic mass is 9.91. The summed E-state index contributed by atoms with van der Waals surface area (Å²) in [6.07, 6.45) is 3.26. The van der Waals surface area contributed by atoms with E-state index in [2.05, 4.69) is 34.8 Å². The SMILES string of the molecule is CN1CCCC(CO)(NCc2cccs2)CC1. The molecule has 3 nitrogen and oxygen atoms in total. The summed E-state index contributed by atoms with van der Waals surface area (Å²) in [4.78, 5) is 3.69. The Balaban J connectivity index is 1.93. The molecule has 1 aromatic heterocycles. The third-order valence-electron chi connectivity index (χ3n) is 3.69. The molecule has 1 saturated heterocycles. The maximum atomic E-state index is 9.70. The van der Waals surface area contributed by atoms with Crippen LogP contribution in [0.1, 0.15) is 24.1 Å². The standard InChI is InChI=1S/C13H22N2OS/c1-15-7-3-5-13(11-16,6-8-15)14-10-12-4-2-9-17-12/h2,4,9,14,16H,3,5-8,10-11H2,1H3. The van der Waals surface area contributed by atoms with Crippen LogP contribution in [0.15, 0.2) is 17.5 Å². The number of aliphatic hydroxyl groups excluding tert-OH is 1. The van der Waals surface area contributed by atoms with Gasteiger partial charge >= 0.3 is 0 Å². The predicted molar refractivity (Wildman–Crippen MR) is 72.3 cm³/mol. The van der Waals surface area contributed by atoms with Crippen molar-refractivity contribution in [2.24, 2.45) is 0 Å². The Bertz CT molecular complexity index is 328. The van der Waals surface area contributed by atoms with Crippen LogP contribution in [0.3, 0.4) is 0 Å². The molecule has 1 fully saturated rings. The van der Waals surface area contributed by atoms with Crippen LogP contribution in [0, 0.1) is 0 Å². The van der Waals surface area contributed by atoms with Crippen molar-refractivity contribution in [1.29, 1.82) is 0 Å². The molecule has 0 spiro atoms. The highest BCUT2D eigenvalue weighted by Crippen LogP contribution is 2.22. The number of nitrogens with one attached hydrogen (secondary N) is 1. The molecule has 0 radical (unpaired) electrons. The summed E-state index contributed by atoms with van der Waals surface area (Å²) in [5, 5.41) is 15.4. The van der Waals surface area contributed by atoms with E-state index in [4.69, 9.17) is 0 Å². The first-order valence-corrected chi connectivity index (χ1v) is 7.19. The Morgan fingerprint density at radius 2 is 2.35 bits per heavy atom. The molecule has 1 aromatic rings. The van der Waals surface area contributed by atoms with Gasteiger partial charge in [-0.3, -0.25) is 0 Å². The monoisotopic (exact) mass is 254 g/mol. The van der Waals surface area contributed by atoms with Crippen LogP contribution in [-0.2, 0) is 6.54 Å². The van der Waals surface area contributed by atoms with Crippen molar-refractivity contribution in [3.8, 4) is 0 Å². The molecule has 0 amide bonds. The van der Waals surface area contributed by atoms with E-state index < -0.39 is 0 Å². The smallest absolute Gasteiger partial charge is 0.0613 e. The molecule has 1 atom stereocenters. The number of likely N-dealkylation sites (tertiary alicyclic amines) is 1. The van der Waals surface area contributed by atoms with Gasteiger partial charge in [0.05, 0.1) is 6.61 Å². The van der Waals surface area contributed by atoms with Gasteiger partial charge in [-0.2, -0.15) is 0 Å². The Morgan fingerprint density at radius 1 is 1.47 bits per heavy atom. The summed E-state index contributed by atoms with van der Waals surface area (Å²) in [6.45, 7) is 3.33. The zero-order chi connectivity index (χ0) is 12.1. The second kappa shape index (κ2) is 5.96. The van der Waals surface area contributed by atoms with Gasteiger partial charge in [0.15, 0.2) is 0 Å². The fourth-order valence-electron chi connectivity index (χ4n) is 2.41. The highest BCUT2D eigenvalue weighted by Gasteiger charge is 2.30. The van der Waals surface area contributed by atoms with Crippen LogP contribution in [-0.4, -0.2) is 42.3 Å². The molecule has 2 heterocycles. The molecule has 96 valence electrons. The second-order valence-electron chi connectivity index (χ2n) is 5.03. The van der Waals surface area contributed by atoms with Gasteiger partial charge in [-0.15, -0.1) is 11.3 Å². The van der Waals surface area contributed by atoms with Gasteiger partial charge in [-0.1, -0.05) is 6.07 Å². The molecule has 17 heavy (non-hydrogen) atoms. The second-order valence-corrected chi connectivity index (χ2v) is 6.06. The first kappa shape index (κ1) is 13.0. The molecule has 2 rings (SSSR count). The van der Waals surface area contributed by atoms with E-state index in [0.717, 1.165) is 38.9 Å². The molecule has 4 heteroatoms. The minimum atomic E-state index is -0.0747. The summed E-state index contributed by atoms with van der Waals surface area (Å²) in [5.74, 6) is 0. The lowest BCUT2D eigenvalue weighted by molar-refractivity contribution is 0.142. The van der Waals surface area contributed by atoms with E-state index in [0.29, 0.717) is 0 Å². The van der Waals surface area contributed by atoms with Crippen molar-refractivity contribution in [3.63, 3.8) is 0 Å². The van der Waals surface area contributed by atoms with Gasteiger partial charge in [0.25, 0.3) is 0 Å². The lowest BCUT2D eigenvalue weighted by Gasteiger charge is -2.32. The van der Waals surface area contributed by atoms with Crippen LogP contribution < -0.4 is 5.32 Å². The molecule has 1 aliphatic rings. The summed E-state index contributed by atoms with van der Waals surface area (Å²) in [6, 6.07) is 4.22. The fraction of sp³-hybridized carbons (Fsp3) is 0.692. The Hall–Kier alpha value is -0.420. The van der Waals surface area contributed by atoms with Crippen LogP contribution >= 0.6 is 11.3 Å². The van der Waals surface area contributed by atoms with Crippen molar-refractivity contribution >= 4 is 11.3 Å². The zero-order valence-electron chi connectivity index (χ0n) is 10.5. The summed E-state index contributed by atoms with van der Waals surface area (Å²) in [5.41, 5.74) is -0.0747. The first-order chi connectivity index (χ1) is 8.24.